The van der Waals surface area contributed by atoms with Crippen LogP contribution in [0.3, 0.4) is 0 Å². The normalized spacial score (nSPS) is 29.0. The zero-order valence-corrected chi connectivity index (χ0v) is 23.0. The molecule has 0 saturated carbocycles. The molecule has 0 radical (unpaired) electrons. The Bertz CT molecular complexity index is 344. The molecule has 0 nitrogen and oxygen atoms in total. The molecular formula is C13H23S9Sb. The van der Waals surface area contributed by atoms with Gasteiger partial charge in [0.05, 0.1) is 0 Å². The Morgan fingerprint density at radius 2 is 0.826 bits per heavy atom. The molecule has 23 heavy (non-hydrogen) atoms. The van der Waals surface area contributed by atoms with Gasteiger partial charge in [-0.1, -0.05) is 0 Å². The molecule has 0 aromatic heterocycles. The van der Waals surface area contributed by atoms with E-state index in [4.69, 9.17) is 0 Å². The molecular weight excluding hydrogens is 567 g/mol. The minimum absolute atomic E-state index is 0.968. The third-order valence-electron chi connectivity index (χ3n) is 4.01. The standard InChI is InChI=1S/4C3H6S2.CH4S.Sb/c4*4-3-1-5-2-3;1-2;/h4*3-4H,1-2H2;2H,1H3;/q;;;;;+5/p-5. The van der Waals surface area contributed by atoms with Gasteiger partial charge in [-0.15, -0.1) is 0 Å². The van der Waals surface area contributed by atoms with Crippen LogP contribution < -0.4 is 0 Å². The van der Waals surface area contributed by atoms with E-state index in [2.05, 4.69) is 97.6 Å². The minimum atomic E-state index is -2.90. The summed E-state index contributed by atoms with van der Waals surface area (Å²) in [7, 11) is 9.75. The van der Waals surface area contributed by atoms with Gasteiger partial charge in [0.15, 0.2) is 0 Å². The van der Waals surface area contributed by atoms with Crippen LogP contribution in [0.5, 0.6) is 0 Å². The van der Waals surface area contributed by atoms with Crippen LogP contribution in [0.4, 0.5) is 0 Å². The average molecular weight is 590 g/mol. The summed E-state index contributed by atoms with van der Waals surface area (Å²) in [4.78, 5) is 0. The van der Waals surface area contributed by atoms with Crippen molar-refractivity contribution in [1.29, 1.82) is 0 Å². The predicted octanol–water partition coefficient (Wildman–Crippen LogP) is 5.63. The molecule has 0 spiro atoms. The number of hydrogen-bond donors (Lipinski definition) is 0. The van der Waals surface area contributed by atoms with Gasteiger partial charge in [0.2, 0.25) is 0 Å². The molecule has 4 saturated heterocycles. The van der Waals surface area contributed by atoms with Crippen LogP contribution in [0, 0.1) is 0 Å². The van der Waals surface area contributed by atoms with E-state index in [1.807, 2.05) is 0 Å². The van der Waals surface area contributed by atoms with Gasteiger partial charge in [0.25, 0.3) is 0 Å². The fourth-order valence-corrected chi connectivity index (χ4v) is 97.8. The molecule has 0 aliphatic carbocycles. The van der Waals surface area contributed by atoms with Crippen LogP contribution in [0.2, 0.25) is 0 Å². The predicted molar refractivity (Wildman–Crippen MR) is 134 cm³/mol. The molecule has 4 rings (SSSR count). The summed E-state index contributed by atoms with van der Waals surface area (Å²) in [6.07, 6.45) is 2.50. The molecule has 0 N–H and O–H groups in total. The van der Waals surface area contributed by atoms with Crippen LogP contribution in [0.25, 0.3) is 0 Å². The molecule has 0 aromatic carbocycles. The summed E-state index contributed by atoms with van der Waals surface area (Å²) < 4.78 is 0. The summed E-state index contributed by atoms with van der Waals surface area (Å²) in [5, 5.41) is 3.87. The Balaban J connectivity index is 1.59. The number of rotatable bonds is 9. The Labute approximate surface area is 172 Å². The Morgan fingerprint density at radius 1 is 0.565 bits per heavy atom. The molecule has 0 bridgehead atoms. The van der Waals surface area contributed by atoms with E-state index in [9.17, 15) is 0 Å². The van der Waals surface area contributed by atoms with Crippen LogP contribution in [0.15, 0.2) is 0 Å². The van der Waals surface area contributed by atoms with E-state index in [1.165, 1.54) is 46.0 Å². The summed E-state index contributed by atoms with van der Waals surface area (Å²) in [5.74, 6) is 11.4. The molecule has 0 unspecified atom stereocenters. The van der Waals surface area contributed by atoms with Crippen molar-refractivity contribution in [3.8, 4) is 0 Å². The topological polar surface area (TPSA) is 0 Å². The summed E-state index contributed by atoms with van der Waals surface area (Å²) in [6.45, 7) is 0. The third kappa shape index (κ3) is 4.76. The van der Waals surface area contributed by atoms with Gasteiger partial charge in [-0.3, -0.25) is 0 Å². The molecule has 0 aromatic rings. The first-order valence-electron chi connectivity index (χ1n) is 7.84. The molecule has 0 atom stereocenters. The van der Waals surface area contributed by atoms with Crippen molar-refractivity contribution in [3.05, 3.63) is 0 Å². The fraction of sp³-hybridized carbons (Fsp3) is 1.00. The van der Waals surface area contributed by atoms with Crippen molar-refractivity contribution in [2.45, 2.75) is 21.0 Å². The van der Waals surface area contributed by atoms with E-state index in [-0.39, 0.29) is 0 Å². The maximum atomic E-state index is 2.56. The van der Waals surface area contributed by atoms with E-state index < -0.39 is 10.4 Å². The van der Waals surface area contributed by atoms with Gasteiger partial charge in [-0.05, 0) is 0 Å². The summed E-state index contributed by atoms with van der Waals surface area (Å²) in [6, 6.07) is 0. The number of thioether (sulfide) groups is 4. The van der Waals surface area contributed by atoms with E-state index >= 15 is 0 Å². The summed E-state index contributed by atoms with van der Waals surface area (Å²) >= 11 is 8.69. The first-order valence-corrected chi connectivity index (χ1v) is 32.6. The molecule has 10 heteroatoms. The Hall–Kier alpha value is 3.97. The van der Waals surface area contributed by atoms with Crippen LogP contribution >= 0.6 is 91.3 Å². The second-order valence-electron chi connectivity index (χ2n) is 5.99. The first-order chi connectivity index (χ1) is 11.2. The van der Waals surface area contributed by atoms with Gasteiger partial charge in [0, 0.05) is 0 Å². The maximum absolute atomic E-state index is 2.90. The Kier molecular flexibility index (Phi) is 7.72. The van der Waals surface area contributed by atoms with Gasteiger partial charge in [0.1, 0.15) is 0 Å². The van der Waals surface area contributed by atoms with E-state index in [1.54, 1.807) is 0 Å². The molecule has 4 aliphatic rings. The van der Waals surface area contributed by atoms with Gasteiger partial charge >= 0.3 is 175 Å². The first kappa shape index (κ1) is 20.2. The molecule has 0 amide bonds. The van der Waals surface area contributed by atoms with Gasteiger partial charge in [-0.25, -0.2) is 0 Å². The molecule has 134 valence electrons. The van der Waals surface area contributed by atoms with Crippen LogP contribution in [-0.4, -0.2) is 83.7 Å². The zero-order chi connectivity index (χ0) is 15.8. The molecule has 4 aliphatic heterocycles. The van der Waals surface area contributed by atoms with Crippen molar-refractivity contribution in [1.82, 2.24) is 0 Å². The zero-order valence-electron chi connectivity index (χ0n) is 13.1. The van der Waals surface area contributed by atoms with Gasteiger partial charge < -0.3 is 0 Å². The third-order valence-corrected chi connectivity index (χ3v) is 82.1. The SMILES string of the molecule is C[S][Sb]([S]C1CSC1)([S]C1CSC1)([S]C1CSC1)[S]C1CSC1. The molecule has 4 fully saturated rings. The quantitative estimate of drug-likeness (QED) is 0.311. The Morgan fingerprint density at radius 3 is 0.957 bits per heavy atom. The van der Waals surface area contributed by atoms with E-state index in [0.717, 1.165) is 21.0 Å². The monoisotopic (exact) mass is 588 g/mol. The molecule has 4 heterocycles. The van der Waals surface area contributed by atoms with Crippen LogP contribution in [-0.2, 0) is 0 Å². The van der Waals surface area contributed by atoms with Crippen LogP contribution in [0.1, 0.15) is 0 Å². The fourth-order valence-electron chi connectivity index (χ4n) is 2.39. The second kappa shape index (κ2) is 8.77. The van der Waals surface area contributed by atoms with Crippen molar-refractivity contribution >= 4 is 102 Å². The van der Waals surface area contributed by atoms with Crippen molar-refractivity contribution < 1.29 is 0 Å². The van der Waals surface area contributed by atoms with E-state index in [0.29, 0.717) is 0 Å². The van der Waals surface area contributed by atoms with Gasteiger partial charge in [-0.2, -0.15) is 0 Å². The van der Waals surface area contributed by atoms with Crippen molar-refractivity contribution in [2.24, 2.45) is 0 Å². The van der Waals surface area contributed by atoms with Crippen molar-refractivity contribution in [2.75, 3.05) is 52.3 Å². The number of hydrogen-bond acceptors (Lipinski definition) is 9. The average Bonchev–Trinajstić information content (AvgIpc) is 2.39. The van der Waals surface area contributed by atoms with Crippen molar-refractivity contribution in [3.63, 3.8) is 0 Å². The summed E-state index contributed by atoms with van der Waals surface area (Å²) in [5.41, 5.74) is 0. The second-order valence-corrected chi connectivity index (χ2v) is 68.8.